The zero-order valence-corrected chi connectivity index (χ0v) is 16.6. The smallest absolute Gasteiger partial charge is 0.235 e. The number of aryl methyl sites for hydroxylation is 1. The predicted molar refractivity (Wildman–Crippen MR) is 104 cm³/mol. The van der Waals surface area contributed by atoms with Gasteiger partial charge < -0.3 is 9.47 Å². The quantitative estimate of drug-likeness (QED) is 0.727. The number of carbonyl (C=O) groups excluding carboxylic acids is 1. The van der Waals surface area contributed by atoms with Gasteiger partial charge in [0.25, 0.3) is 0 Å². The Labute approximate surface area is 159 Å². The van der Waals surface area contributed by atoms with Gasteiger partial charge in [-0.2, -0.15) is 0 Å². The van der Waals surface area contributed by atoms with E-state index in [1.54, 1.807) is 0 Å². The third-order valence-corrected chi connectivity index (χ3v) is 5.93. The molecule has 2 aromatic rings. The van der Waals surface area contributed by atoms with Crippen molar-refractivity contribution in [2.75, 3.05) is 26.2 Å². The lowest BCUT2D eigenvalue weighted by atomic mass is 10.2. The average Bonchev–Trinajstić information content (AvgIpc) is 3.02. The number of rotatable bonds is 6. The Morgan fingerprint density at radius 3 is 2.46 bits per heavy atom. The summed E-state index contributed by atoms with van der Waals surface area (Å²) in [5, 5.41) is 9.04. The molecule has 0 bridgehead atoms. The Hall–Kier alpha value is -1.86. The van der Waals surface area contributed by atoms with E-state index in [2.05, 4.69) is 46.3 Å². The highest BCUT2D eigenvalue weighted by atomic mass is 32.2. The van der Waals surface area contributed by atoms with E-state index in [0.717, 1.165) is 50.1 Å². The van der Waals surface area contributed by atoms with Gasteiger partial charge in [0.2, 0.25) is 5.91 Å². The minimum absolute atomic E-state index is 0.150. The van der Waals surface area contributed by atoms with Crippen LogP contribution in [0.2, 0.25) is 0 Å². The highest BCUT2D eigenvalue weighted by Gasteiger charge is 2.26. The molecule has 0 saturated carbocycles. The van der Waals surface area contributed by atoms with Crippen LogP contribution in [0.4, 0.5) is 0 Å². The molecule has 140 valence electrons. The van der Waals surface area contributed by atoms with E-state index >= 15 is 0 Å². The predicted octanol–water partition coefficient (Wildman–Crippen LogP) is 2.20. The van der Waals surface area contributed by atoms with Crippen molar-refractivity contribution in [3.63, 3.8) is 0 Å². The molecule has 6 nitrogen and oxygen atoms in total. The SMILES string of the molecule is CCc1nnc(SC(C)C(=O)N2CCN(Cc3ccccc3)CC2)n1C. The largest absolute Gasteiger partial charge is 0.339 e. The molecule has 1 saturated heterocycles. The van der Waals surface area contributed by atoms with Crippen molar-refractivity contribution in [1.82, 2.24) is 24.6 Å². The monoisotopic (exact) mass is 373 g/mol. The molecule has 0 N–H and O–H groups in total. The molecule has 1 aromatic carbocycles. The van der Waals surface area contributed by atoms with Crippen molar-refractivity contribution in [2.45, 2.75) is 37.2 Å². The second-order valence-corrected chi connectivity index (χ2v) is 7.97. The van der Waals surface area contributed by atoms with E-state index in [0.29, 0.717) is 0 Å². The molecule has 1 unspecified atom stereocenters. The lowest BCUT2D eigenvalue weighted by Gasteiger charge is -2.35. The maximum Gasteiger partial charge on any atom is 0.235 e. The number of aromatic nitrogens is 3. The molecule has 0 radical (unpaired) electrons. The summed E-state index contributed by atoms with van der Waals surface area (Å²) in [5.41, 5.74) is 1.32. The van der Waals surface area contributed by atoms with Gasteiger partial charge in [0, 0.05) is 46.2 Å². The third kappa shape index (κ3) is 4.45. The molecule has 1 fully saturated rings. The summed E-state index contributed by atoms with van der Waals surface area (Å²) >= 11 is 1.50. The highest BCUT2D eigenvalue weighted by Crippen LogP contribution is 2.23. The average molecular weight is 374 g/mol. The van der Waals surface area contributed by atoms with E-state index in [1.807, 2.05) is 29.5 Å². The number of carbonyl (C=O) groups is 1. The molecule has 1 aliphatic rings. The minimum Gasteiger partial charge on any atom is -0.339 e. The van der Waals surface area contributed by atoms with Crippen molar-refractivity contribution in [3.05, 3.63) is 41.7 Å². The zero-order valence-electron chi connectivity index (χ0n) is 15.8. The molecule has 3 rings (SSSR count). The maximum atomic E-state index is 12.8. The van der Waals surface area contributed by atoms with Crippen molar-refractivity contribution in [3.8, 4) is 0 Å². The second-order valence-electron chi connectivity index (χ2n) is 6.66. The Balaban J connectivity index is 1.50. The van der Waals surface area contributed by atoms with Gasteiger partial charge in [0.1, 0.15) is 5.82 Å². The molecule has 1 aliphatic heterocycles. The van der Waals surface area contributed by atoms with Crippen LogP contribution in [-0.4, -0.2) is 61.9 Å². The standard InChI is InChI=1S/C19H27N5OS/c1-4-17-20-21-19(22(17)3)26-15(2)18(25)24-12-10-23(11-13-24)14-16-8-6-5-7-9-16/h5-9,15H,4,10-14H2,1-3H3. The van der Waals surface area contributed by atoms with Crippen molar-refractivity contribution >= 4 is 17.7 Å². The number of amides is 1. The number of piperazine rings is 1. The maximum absolute atomic E-state index is 12.8. The van der Waals surface area contributed by atoms with Crippen LogP contribution in [0.25, 0.3) is 0 Å². The molecule has 2 heterocycles. The Morgan fingerprint density at radius 2 is 1.85 bits per heavy atom. The summed E-state index contributed by atoms with van der Waals surface area (Å²) in [6.45, 7) is 8.38. The van der Waals surface area contributed by atoms with Gasteiger partial charge in [0.15, 0.2) is 5.16 Å². The molecular formula is C19H27N5OS. The summed E-state index contributed by atoms with van der Waals surface area (Å²) in [7, 11) is 1.96. The van der Waals surface area contributed by atoms with Crippen molar-refractivity contribution in [1.29, 1.82) is 0 Å². The topological polar surface area (TPSA) is 54.3 Å². The van der Waals surface area contributed by atoms with Gasteiger partial charge in [0.05, 0.1) is 5.25 Å². The summed E-state index contributed by atoms with van der Waals surface area (Å²) in [6.07, 6.45) is 0.843. The summed E-state index contributed by atoms with van der Waals surface area (Å²) in [5.74, 6) is 1.14. The van der Waals surface area contributed by atoms with E-state index in [9.17, 15) is 4.79 Å². The molecular weight excluding hydrogens is 346 g/mol. The Kier molecular flexibility index (Phi) is 6.32. The molecule has 0 spiro atoms. The number of hydrogen-bond donors (Lipinski definition) is 0. The van der Waals surface area contributed by atoms with Gasteiger partial charge in [-0.3, -0.25) is 9.69 Å². The third-order valence-electron chi connectivity index (χ3n) is 4.80. The van der Waals surface area contributed by atoms with Gasteiger partial charge >= 0.3 is 0 Å². The van der Waals surface area contributed by atoms with Gasteiger partial charge in [-0.15, -0.1) is 10.2 Å². The molecule has 7 heteroatoms. The Morgan fingerprint density at radius 1 is 1.15 bits per heavy atom. The highest BCUT2D eigenvalue weighted by molar-refractivity contribution is 8.00. The molecule has 26 heavy (non-hydrogen) atoms. The normalized spacial score (nSPS) is 16.7. The summed E-state index contributed by atoms with van der Waals surface area (Å²) in [6, 6.07) is 10.5. The van der Waals surface area contributed by atoms with Crippen LogP contribution in [0.3, 0.4) is 0 Å². The molecule has 1 amide bonds. The Bertz CT molecular complexity index is 725. The first-order valence-electron chi connectivity index (χ1n) is 9.18. The van der Waals surface area contributed by atoms with Crippen LogP contribution in [0.1, 0.15) is 25.2 Å². The summed E-state index contributed by atoms with van der Waals surface area (Å²) < 4.78 is 1.98. The molecule has 1 aromatic heterocycles. The zero-order chi connectivity index (χ0) is 18.5. The number of thioether (sulfide) groups is 1. The van der Waals surface area contributed by atoms with Gasteiger partial charge in [-0.05, 0) is 12.5 Å². The van der Waals surface area contributed by atoms with E-state index in [4.69, 9.17) is 0 Å². The van der Waals surface area contributed by atoms with Crippen LogP contribution in [0, 0.1) is 0 Å². The molecule has 1 atom stereocenters. The first kappa shape index (κ1) is 18.9. The lowest BCUT2D eigenvalue weighted by molar-refractivity contribution is -0.132. The van der Waals surface area contributed by atoms with E-state index in [1.165, 1.54) is 17.3 Å². The molecule has 0 aliphatic carbocycles. The number of hydrogen-bond acceptors (Lipinski definition) is 5. The van der Waals surface area contributed by atoms with E-state index < -0.39 is 0 Å². The fourth-order valence-corrected chi connectivity index (χ4v) is 4.11. The lowest BCUT2D eigenvalue weighted by Crippen LogP contribution is -2.50. The number of benzene rings is 1. The van der Waals surface area contributed by atoms with Gasteiger partial charge in [-0.25, -0.2) is 0 Å². The van der Waals surface area contributed by atoms with Crippen LogP contribution >= 0.6 is 11.8 Å². The number of nitrogens with zero attached hydrogens (tertiary/aromatic N) is 5. The van der Waals surface area contributed by atoms with Gasteiger partial charge in [-0.1, -0.05) is 49.0 Å². The first-order chi connectivity index (χ1) is 12.6. The van der Waals surface area contributed by atoms with E-state index in [-0.39, 0.29) is 11.2 Å². The van der Waals surface area contributed by atoms with Crippen molar-refractivity contribution in [2.24, 2.45) is 7.05 Å². The van der Waals surface area contributed by atoms with Crippen LogP contribution in [0.15, 0.2) is 35.5 Å². The second kappa shape index (κ2) is 8.68. The minimum atomic E-state index is -0.150. The van der Waals surface area contributed by atoms with Crippen molar-refractivity contribution < 1.29 is 4.79 Å². The van der Waals surface area contributed by atoms with Crippen LogP contribution < -0.4 is 0 Å². The van der Waals surface area contributed by atoms with Crippen LogP contribution in [-0.2, 0) is 24.8 Å². The fourth-order valence-electron chi connectivity index (χ4n) is 3.19. The fraction of sp³-hybridized carbons (Fsp3) is 0.526. The summed E-state index contributed by atoms with van der Waals surface area (Å²) in [4.78, 5) is 17.2. The first-order valence-corrected chi connectivity index (χ1v) is 10.1. The van der Waals surface area contributed by atoms with Crippen LogP contribution in [0.5, 0.6) is 0 Å².